The van der Waals surface area contributed by atoms with Crippen molar-refractivity contribution in [3.8, 4) is 0 Å². The smallest absolute Gasteiger partial charge is 0.188 e. The van der Waals surface area contributed by atoms with Crippen molar-refractivity contribution in [3.05, 3.63) is 0 Å². The minimum absolute atomic E-state index is 0.289. The van der Waals surface area contributed by atoms with Crippen molar-refractivity contribution < 1.29 is 0 Å². The van der Waals surface area contributed by atoms with Gasteiger partial charge in [-0.2, -0.15) is 0 Å². The van der Waals surface area contributed by atoms with Crippen molar-refractivity contribution in [3.63, 3.8) is 0 Å². The zero-order valence-electron chi connectivity index (χ0n) is 6.71. The van der Waals surface area contributed by atoms with Gasteiger partial charge < -0.3 is 10.6 Å². The molecule has 2 unspecified atom stereocenters. The van der Waals surface area contributed by atoms with E-state index < -0.39 is 0 Å². The number of nitrogens with two attached hydrogens (primary N) is 1. The molecular weight excluding hydrogens is 138 g/mol. The van der Waals surface area contributed by atoms with Gasteiger partial charge in [0.1, 0.15) is 0 Å². The molecule has 3 nitrogen and oxygen atoms in total. The fourth-order valence-electron chi connectivity index (χ4n) is 2.51. The third-order valence-corrected chi connectivity index (χ3v) is 2.97. The minimum atomic E-state index is 0.289. The summed E-state index contributed by atoms with van der Waals surface area (Å²) in [6, 6.07) is 1.21. The molecule has 0 amide bonds. The van der Waals surface area contributed by atoms with E-state index in [0.717, 1.165) is 0 Å². The largest absolute Gasteiger partial charge is 0.370 e. The van der Waals surface area contributed by atoms with E-state index in [-0.39, 0.29) is 5.96 Å². The van der Waals surface area contributed by atoms with E-state index in [1.165, 1.54) is 32.1 Å². The molecule has 0 aromatic carbocycles. The van der Waals surface area contributed by atoms with E-state index in [0.29, 0.717) is 12.1 Å². The van der Waals surface area contributed by atoms with Crippen LogP contribution in [0.25, 0.3) is 0 Å². The summed E-state index contributed by atoms with van der Waals surface area (Å²) in [5.41, 5.74) is 5.50. The van der Waals surface area contributed by atoms with Crippen LogP contribution in [-0.4, -0.2) is 22.9 Å². The molecule has 2 bridgehead atoms. The maximum atomic E-state index is 7.39. The van der Waals surface area contributed by atoms with Crippen LogP contribution in [0.3, 0.4) is 0 Å². The van der Waals surface area contributed by atoms with E-state index >= 15 is 0 Å². The first-order valence-corrected chi connectivity index (χ1v) is 4.41. The summed E-state index contributed by atoms with van der Waals surface area (Å²) in [6.07, 6.45) is 6.33. The lowest BCUT2D eigenvalue weighted by atomic mass is 10.0. The second-order valence-electron chi connectivity index (χ2n) is 3.61. The fourth-order valence-corrected chi connectivity index (χ4v) is 2.51. The number of guanidine groups is 1. The molecule has 0 aromatic heterocycles. The molecule has 3 heteroatoms. The summed E-state index contributed by atoms with van der Waals surface area (Å²) in [5, 5.41) is 7.39. The van der Waals surface area contributed by atoms with Gasteiger partial charge in [0.2, 0.25) is 0 Å². The average molecular weight is 153 g/mol. The highest BCUT2D eigenvalue weighted by molar-refractivity contribution is 5.75. The first kappa shape index (κ1) is 6.95. The van der Waals surface area contributed by atoms with Crippen LogP contribution in [-0.2, 0) is 0 Å². The van der Waals surface area contributed by atoms with E-state index in [1.807, 2.05) is 0 Å². The molecule has 2 rings (SSSR count). The van der Waals surface area contributed by atoms with Gasteiger partial charge in [-0.05, 0) is 32.1 Å². The molecule has 2 saturated heterocycles. The second-order valence-corrected chi connectivity index (χ2v) is 3.61. The summed E-state index contributed by atoms with van der Waals surface area (Å²) in [5.74, 6) is 0.289. The van der Waals surface area contributed by atoms with Crippen LogP contribution in [0.5, 0.6) is 0 Å². The quantitative estimate of drug-likeness (QED) is 0.401. The number of nitrogens with zero attached hydrogens (tertiary/aromatic N) is 1. The molecule has 2 heterocycles. The highest BCUT2D eigenvalue weighted by atomic mass is 15.3. The number of hydrogen-bond acceptors (Lipinski definition) is 1. The molecule has 0 spiro atoms. The third kappa shape index (κ3) is 0.988. The summed E-state index contributed by atoms with van der Waals surface area (Å²) in [7, 11) is 0. The van der Waals surface area contributed by atoms with E-state index in [1.54, 1.807) is 0 Å². The first-order valence-electron chi connectivity index (χ1n) is 4.41. The summed E-state index contributed by atoms with van der Waals surface area (Å²) in [6.45, 7) is 0. The monoisotopic (exact) mass is 153 g/mol. The van der Waals surface area contributed by atoms with Crippen molar-refractivity contribution >= 4 is 5.96 Å². The molecule has 62 valence electrons. The highest BCUT2D eigenvalue weighted by Crippen LogP contribution is 2.34. The molecule has 0 radical (unpaired) electrons. The number of rotatable bonds is 0. The van der Waals surface area contributed by atoms with Gasteiger partial charge in [0.05, 0.1) is 0 Å². The van der Waals surface area contributed by atoms with Crippen LogP contribution >= 0.6 is 0 Å². The number of piperidine rings is 1. The zero-order valence-corrected chi connectivity index (χ0v) is 6.71. The van der Waals surface area contributed by atoms with Crippen molar-refractivity contribution in [2.45, 2.75) is 44.2 Å². The Labute approximate surface area is 67.1 Å². The molecule has 0 saturated carbocycles. The molecule has 2 aliphatic heterocycles. The zero-order chi connectivity index (χ0) is 7.84. The molecule has 3 N–H and O–H groups in total. The Kier molecular flexibility index (Phi) is 1.51. The lowest BCUT2D eigenvalue weighted by Crippen LogP contribution is -2.47. The van der Waals surface area contributed by atoms with Crippen LogP contribution in [0.15, 0.2) is 0 Å². The molecule has 2 fully saturated rings. The molecule has 11 heavy (non-hydrogen) atoms. The third-order valence-electron chi connectivity index (χ3n) is 2.97. The molecular formula is C8H15N3. The number of nitrogens with one attached hydrogen (secondary N) is 1. The molecule has 0 aromatic rings. The molecule has 0 aliphatic carbocycles. The Hall–Kier alpha value is -0.730. The number of hydrogen-bond donors (Lipinski definition) is 2. The SMILES string of the molecule is N=C(N)N1C2CCCC1CC2. The van der Waals surface area contributed by atoms with Gasteiger partial charge in [-0.3, -0.25) is 5.41 Å². The molecule has 2 aliphatic rings. The van der Waals surface area contributed by atoms with Gasteiger partial charge in [0.15, 0.2) is 5.96 Å². The summed E-state index contributed by atoms with van der Waals surface area (Å²) < 4.78 is 0. The van der Waals surface area contributed by atoms with Gasteiger partial charge >= 0.3 is 0 Å². The van der Waals surface area contributed by atoms with E-state index in [4.69, 9.17) is 11.1 Å². The minimum Gasteiger partial charge on any atom is -0.370 e. The maximum absolute atomic E-state index is 7.39. The first-order chi connectivity index (χ1) is 5.29. The predicted octanol–water partition coefficient (Wildman–Crippen LogP) is 0.897. The van der Waals surface area contributed by atoms with Crippen LogP contribution < -0.4 is 5.73 Å². The van der Waals surface area contributed by atoms with Crippen LogP contribution in [0.4, 0.5) is 0 Å². The van der Waals surface area contributed by atoms with Crippen LogP contribution in [0.1, 0.15) is 32.1 Å². The van der Waals surface area contributed by atoms with Gasteiger partial charge in [-0.15, -0.1) is 0 Å². The van der Waals surface area contributed by atoms with E-state index in [9.17, 15) is 0 Å². The van der Waals surface area contributed by atoms with Crippen LogP contribution in [0.2, 0.25) is 0 Å². The topological polar surface area (TPSA) is 53.1 Å². The lowest BCUT2D eigenvalue weighted by Gasteiger charge is -2.34. The number of fused-ring (bicyclic) bond motifs is 2. The van der Waals surface area contributed by atoms with Gasteiger partial charge in [0.25, 0.3) is 0 Å². The standard InChI is InChI=1S/C8H15N3/c9-8(10)11-6-2-1-3-7(11)5-4-6/h6-7H,1-5H2,(H3,9,10). The summed E-state index contributed by atoms with van der Waals surface area (Å²) in [4.78, 5) is 2.11. The Morgan fingerprint density at radius 2 is 1.73 bits per heavy atom. The van der Waals surface area contributed by atoms with Crippen LogP contribution in [0, 0.1) is 5.41 Å². The van der Waals surface area contributed by atoms with Crippen molar-refractivity contribution in [1.29, 1.82) is 5.41 Å². The Morgan fingerprint density at radius 1 is 1.18 bits per heavy atom. The molecule has 2 atom stereocenters. The fraction of sp³-hybridized carbons (Fsp3) is 0.875. The van der Waals surface area contributed by atoms with Gasteiger partial charge in [0, 0.05) is 12.1 Å². The Bertz CT molecular complexity index is 162. The predicted molar refractivity (Wildman–Crippen MR) is 44.4 cm³/mol. The Morgan fingerprint density at radius 3 is 2.09 bits per heavy atom. The van der Waals surface area contributed by atoms with Crippen molar-refractivity contribution in [1.82, 2.24) is 4.90 Å². The van der Waals surface area contributed by atoms with Crippen molar-refractivity contribution in [2.24, 2.45) is 5.73 Å². The summed E-state index contributed by atoms with van der Waals surface area (Å²) >= 11 is 0. The Balaban J connectivity index is 2.15. The second kappa shape index (κ2) is 2.40. The van der Waals surface area contributed by atoms with E-state index in [2.05, 4.69) is 4.90 Å². The normalized spacial score (nSPS) is 35.8. The van der Waals surface area contributed by atoms with Gasteiger partial charge in [-0.25, -0.2) is 0 Å². The van der Waals surface area contributed by atoms with Crippen molar-refractivity contribution in [2.75, 3.05) is 0 Å². The van der Waals surface area contributed by atoms with Gasteiger partial charge in [-0.1, -0.05) is 0 Å². The lowest BCUT2D eigenvalue weighted by molar-refractivity contribution is 0.232. The average Bonchev–Trinajstić information content (AvgIpc) is 2.23. The highest BCUT2D eigenvalue weighted by Gasteiger charge is 2.36. The maximum Gasteiger partial charge on any atom is 0.188 e.